The molecule has 0 saturated carbocycles. The average molecular weight is 574 g/mol. The van der Waals surface area contributed by atoms with E-state index in [0.29, 0.717) is 16.8 Å². The number of alkyl carbamates (subject to hydrolysis) is 1. The van der Waals surface area contributed by atoms with E-state index in [4.69, 9.17) is 4.74 Å². The number of carbonyl (C=O) groups is 3. The van der Waals surface area contributed by atoms with Crippen LogP contribution in [0.1, 0.15) is 69.8 Å². The molecule has 0 aliphatic rings. The molecule has 2 atom stereocenters. The maximum atomic E-state index is 14.6. The van der Waals surface area contributed by atoms with Crippen LogP contribution in [0.25, 0.3) is 0 Å². The molecule has 0 aromatic heterocycles. The Morgan fingerprint density at radius 1 is 0.833 bits per heavy atom. The fourth-order valence-corrected chi connectivity index (χ4v) is 4.74. The molecule has 3 aromatic rings. The summed E-state index contributed by atoms with van der Waals surface area (Å²) >= 11 is 0. The number of amides is 3. The van der Waals surface area contributed by atoms with Gasteiger partial charge in [0, 0.05) is 17.6 Å². The summed E-state index contributed by atoms with van der Waals surface area (Å²) in [6, 6.07) is 19.3. The highest BCUT2D eigenvalue weighted by Gasteiger charge is 2.42. The third kappa shape index (κ3) is 8.59. The minimum absolute atomic E-state index is 0.0885. The summed E-state index contributed by atoms with van der Waals surface area (Å²) < 4.78 is 5.50. The van der Waals surface area contributed by atoms with Crippen molar-refractivity contribution in [2.24, 2.45) is 0 Å². The molecule has 3 amide bonds. The smallest absolute Gasteiger partial charge is 0.408 e. The molecule has 42 heavy (non-hydrogen) atoms. The van der Waals surface area contributed by atoms with Crippen LogP contribution < -0.4 is 10.6 Å². The van der Waals surface area contributed by atoms with E-state index in [1.54, 1.807) is 37.8 Å². The first-order valence-corrected chi connectivity index (χ1v) is 14.1. The number of anilines is 1. The van der Waals surface area contributed by atoms with Crippen molar-refractivity contribution in [1.29, 1.82) is 0 Å². The van der Waals surface area contributed by atoms with Crippen LogP contribution in [-0.4, -0.2) is 45.1 Å². The SMILES string of the molecule is Cc1ccccc1NC(=O)C(c1ccccc1C)N(C(=O)C(Cc1ccc(O)cc1)NC(=O)OC(C)(C)C)C(C)(C)C. The molecule has 2 unspecified atom stereocenters. The number of aromatic hydroxyl groups is 1. The van der Waals surface area contributed by atoms with Crippen LogP contribution in [0.4, 0.5) is 10.5 Å². The first-order chi connectivity index (χ1) is 19.6. The van der Waals surface area contributed by atoms with Gasteiger partial charge in [0.15, 0.2) is 0 Å². The number of benzene rings is 3. The number of nitrogens with zero attached hydrogens (tertiary/aromatic N) is 1. The van der Waals surface area contributed by atoms with Gasteiger partial charge in [-0.25, -0.2) is 4.79 Å². The van der Waals surface area contributed by atoms with Gasteiger partial charge >= 0.3 is 6.09 Å². The zero-order valence-electron chi connectivity index (χ0n) is 25.8. The van der Waals surface area contributed by atoms with Crippen LogP contribution in [0.2, 0.25) is 0 Å². The summed E-state index contributed by atoms with van der Waals surface area (Å²) in [7, 11) is 0. The van der Waals surface area contributed by atoms with E-state index in [0.717, 1.165) is 11.1 Å². The summed E-state index contributed by atoms with van der Waals surface area (Å²) in [5, 5.41) is 15.6. The number of phenolic OH excluding ortho intramolecular Hbond substituents is 1. The maximum absolute atomic E-state index is 14.6. The predicted molar refractivity (Wildman–Crippen MR) is 165 cm³/mol. The molecule has 3 rings (SSSR count). The summed E-state index contributed by atoms with van der Waals surface area (Å²) in [4.78, 5) is 43.4. The predicted octanol–water partition coefficient (Wildman–Crippen LogP) is 6.45. The van der Waals surface area contributed by atoms with Gasteiger partial charge in [0.1, 0.15) is 23.4 Å². The number of hydrogen-bond donors (Lipinski definition) is 3. The summed E-state index contributed by atoms with van der Waals surface area (Å²) in [5.74, 6) is -0.734. The van der Waals surface area contributed by atoms with Gasteiger partial charge in [-0.05, 0) is 95.8 Å². The number of para-hydroxylation sites is 1. The summed E-state index contributed by atoms with van der Waals surface area (Å²) in [5.41, 5.74) is 2.15. The minimum atomic E-state index is -1.07. The lowest BCUT2D eigenvalue weighted by molar-refractivity contribution is -0.146. The van der Waals surface area contributed by atoms with Crippen LogP contribution in [-0.2, 0) is 20.7 Å². The topological polar surface area (TPSA) is 108 Å². The Morgan fingerprint density at radius 2 is 1.40 bits per heavy atom. The van der Waals surface area contributed by atoms with Crippen molar-refractivity contribution in [2.75, 3.05) is 5.32 Å². The highest BCUT2D eigenvalue weighted by molar-refractivity contribution is 6.00. The highest BCUT2D eigenvalue weighted by Crippen LogP contribution is 2.33. The van der Waals surface area contributed by atoms with Crippen LogP contribution >= 0.6 is 0 Å². The van der Waals surface area contributed by atoms with E-state index >= 15 is 0 Å². The molecule has 3 N–H and O–H groups in total. The molecular formula is C34H43N3O5. The van der Waals surface area contributed by atoms with Gasteiger partial charge in [-0.1, -0.05) is 54.6 Å². The molecule has 0 spiro atoms. The second-order valence-corrected chi connectivity index (χ2v) is 12.5. The van der Waals surface area contributed by atoms with E-state index < -0.39 is 35.2 Å². The Balaban J connectivity index is 2.12. The van der Waals surface area contributed by atoms with Gasteiger partial charge < -0.3 is 25.4 Å². The highest BCUT2D eigenvalue weighted by atomic mass is 16.6. The standard InChI is InChI=1S/C34H43N3O5/c1-22-13-9-11-15-26(22)29(30(39)35-27-16-12-10-14-23(27)2)37(33(3,4)5)31(40)28(36-32(41)42-34(6,7)8)21-24-17-19-25(38)20-18-24/h9-20,28-29,38H,21H2,1-8H3,(H,35,39)(H,36,41). The van der Waals surface area contributed by atoms with Crippen LogP contribution in [0.5, 0.6) is 5.75 Å². The number of nitrogens with one attached hydrogen (secondary N) is 2. The second kappa shape index (κ2) is 13.1. The molecule has 8 nitrogen and oxygen atoms in total. The zero-order chi connectivity index (χ0) is 31.2. The number of hydrogen-bond acceptors (Lipinski definition) is 5. The van der Waals surface area contributed by atoms with Crippen molar-refractivity contribution in [3.8, 4) is 5.75 Å². The molecule has 0 aliphatic carbocycles. The number of ether oxygens (including phenoxy) is 1. The van der Waals surface area contributed by atoms with Gasteiger partial charge in [0.2, 0.25) is 5.91 Å². The fourth-order valence-electron chi connectivity index (χ4n) is 4.74. The van der Waals surface area contributed by atoms with Crippen LogP contribution in [0, 0.1) is 13.8 Å². The average Bonchev–Trinajstić information content (AvgIpc) is 2.88. The van der Waals surface area contributed by atoms with Crippen molar-refractivity contribution in [3.05, 3.63) is 95.1 Å². The summed E-state index contributed by atoms with van der Waals surface area (Å²) in [6.45, 7) is 14.6. The molecule has 0 aliphatic heterocycles. The van der Waals surface area contributed by atoms with Crippen molar-refractivity contribution in [3.63, 3.8) is 0 Å². The maximum Gasteiger partial charge on any atom is 0.408 e. The molecule has 0 fully saturated rings. The van der Waals surface area contributed by atoms with Crippen molar-refractivity contribution >= 4 is 23.6 Å². The Morgan fingerprint density at radius 3 is 1.95 bits per heavy atom. The third-order valence-corrected chi connectivity index (χ3v) is 6.72. The number of rotatable bonds is 8. The third-order valence-electron chi connectivity index (χ3n) is 6.72. The lowest BCUT2D eigenvalue weighted by Crippen LogP contribution is -2.58. The zero-order valence-corrected chi connectivity index (χ0v) is 25.8. The molecule has 0 heterocycles. The van der Waals surface area contributed by atoms with E-state index in [2.05, 4.69) is 10.6 Å². The Kier molecular flexibility index (Phi) is 10.0. The van der Waals surface area contributed by atoms with E-state index in [9.17, 15) is 19.5 Å². The Hall–Kier alpha value is -4.33. The minimum Gasteiger partial charge on any atom is -0.508 e. The van der Waals surface area contributed by atoms with Crippen molar-refractivity contribution < 1.29 is 24.2 Å². The van der Waals surface area contributed by atoms with Gasteiger partial charge in [-0.3, -0.25) is 9.59 Å². The van der Waals surface area contributed by atoms with Crippen LogP contribution in [0.15, 0.2) is 72.8 Å². The molecule has 3 aromatic carbocycles. The quantitative estimate of drug-likeness (QED) is 0.287. The lowest BCUT2D eigenvalue weighted by Gasteiger charge is -2.43. The molecule has 0 bridgehead atoms. The Labute approximate surface area is 249 Å². The lowest BCUT2D eigenvalue weighted by atomic mass is 9.92. The van der Waals surface area contributed by atoms with Crippen molar-refractivity contribution in [2.45, 2.75) is 85.0 Å². The molecular weight excluding hydrogens is 530 g/mol. The second-order valence-electron chi connectivity index (χ2n) is 12.5. The monoisotopic (exact) mass is 573 g/mol. The van der Waals surface area contributed by atoms with Gasteiger partial charge in [0.05, 0.1) is 0 Å². The van der Waals surface area contributed by atoms with Crippen molar-refractivity contribution in [1.82, 2.24) is 10.2 Å². The number of aryl methyl sites for hydroxylation is 2. The largest absolute Gasteiger partial charge is 0.508 e. The number of carbonyl (C=O) groups excluding carboxylic acids is 3. The summed E-state index contributed by atoms with van der Waals surface area (Å²) in [6.07, 6.45) is -0.629. The van der Waals surface area contributed by atoms with E-state index in [1.807, 2.05) is 83.1 Å². The van der Waals surface area contributed by atoms with Gasteiger partial charge in [-0.2, -0.15) is 0 Å². The first kappa shape index (κ1) is 32.2. The van der Waals surface area contributed by atoms with E-state index in [1.165, 1.54) is 12.1 Å². The molecule has 0 radical (unpaired) electrons. The number of phenols is 1. The van der Waals surface area contributed by atoms with E-state index in [-0.39, 0.29) is 18.1 Å². The Bertz CT molecular complexity index is 1400. The van der Waals surface area contributed by atoms with Gasteiger partial charge in [0.25, 0.3) is 5.91 Å². The fraction of sp³-hybridized carbons (Fsp3) is 0.382. The molecule has 0 saturated heterocycles. The van der Waals surface area contributed by atoms with Crippen LogP contribution in [0.3, 0.4) is 0 Å². The normalized spacial score (nSPS) is 13.0. The first-order valence-electron chi connectivity index (χ1n) is 14.1. The molecule has 224 valence electrons. The van der Waals surface area contributed by atoms with Gasteiger partial charge in [-0.15, -0.1) is 0 Å². The molecule has 8 heteroatoms.